The second-order valence-corrected chi connectivity index (χ2v) is 31.3. The van der Waals surface area contributed by atoms with Crippen molar-refractivity contribution in [2.24, 2.45) is 5.92 Å². The Kier molecular flexibility index (Phi) is 26.4. The maximum absolute atomic E-state index is 13.4. The van der Waals surface area contributed by atoms with Crippen LogP contribution in [0.2, 0.25) is 0 Å². The highest BCUT2D eigenvalue weighted by Gasteiger charge is 2.71. The van der Waals surface area contributed by atoms with Crippen molar-refractivity contribution >= 4 is 65.4 Å². The third kappa shape index (κ3) is 16.5. The van der Waals surface area contributed by atoms with Crippen molar-refractivity contribution in [2.45, 2.75) is 288 Å². The number of aliphatic carboxylic acids is 1. The van der Waals surface area contributed by atoms with Gasteiger partial charge in [-0.15, -0.1) is 0 Å². The van der Waals surface area contributed by atoms with Crippen molar-refractivity contribution in [2.75, 3.05) is 26.2 Å². The Bertz CT molecular complexity index is 3750. The number of carboxylic acid groups (broad SMARTS) is 1. The summed E-state index contributed by atoms with van der Waals surface area (Å²) in [6, 6.07) is -0.770. The summed E-state index contributed by atoms with van der Waals surface area (Å²) in [4.78, 5) is 174. The van der Waals surface area contributed by atoms with E-state index in [1.54, 1.807) is 116 Å². The van der Waals surface area contributed by atoms with Gasteiger partial charge in [0.1, 0.15) is 69.0 Å². The largest absolute Gasteiger partial charge is 0.480 e. The first-order valence-corrected chi connectivity index (χ1v) is 37.1. The van der Waals surface area contributed by atoms with Crippen LogP contribution in [0.3, 0.4) is 0 Å². The van der Waals surface area contributed by atoms with E-state index in [-0.39, 0.29) is 61.3 Å². The average Bonchev–Trinajstić information content (AvgIpc) is 1.41. The summed E-state index contributed by atoms with van der Waals surface area (Å²) in [5, 5.41) is 61.1. The molecule has 3 aromatic heterocycles. The molecule has 16 atom stereocenters. The predicted octanol–water partition coefficient (Wildman–Crippen LogP) is 0.949. The Morgan fingerprint density at radius 1 is 0.463 bits per heavy atom. The van der Waals surface area contributed by atoms with Gasteiger partial charge in [0.15, 0.2) is 6.04 Å². The lowest BCUT2D eigenvalue weighted by Gasteiger charge is -2.59. The summed E-state index contributed by atoms with van der Waals surface area (Å²) in [5.74, 6) is -2.71. The number of rotatable bonds is 19. The van der Waals surface area contributed by atoms with Crippen molar-refractivity contribution in [3.05, 3.63) is 72.9 Å². The number of hydrogen-bond acceptors (Lipinski definition) is 24. The van der Waals surface area contributed by atoms with Crippen LogP contribution >= 0.6 is 0 Å². The van der Waals surface area contributed by atoms with Gasteiger partial charge in [0.05, 0.1) is 68.2 Å². The SMILES string of the molecule is CC(C)C(=O)N1CCCC12C(=O)N([C@H](C(=O)NCc1ncccn1)[C@@H](C)O)C2C.CC1N([C@H](C(=O)NCc2ncccn2)[C@@H](C)O)C(=O)C12CCCN2.CC1N([C@H](C(=O)NCc2ncccn2)[C@@H](C)O)C(=O)C12CCCN2C(=O)OC(C)(C)C.CC1N([C@H](C(=O)O)[C@@H](C)O)C(=O)C12CCCN2C(=O)OC(C)(C)C. The molecule has 108 heavy (non-hydrogen) atoms. The van der Waals surface area contributed by atoms with Gasteiger partial charge in [-0.1, -0.05) is 13.8 Å². The zero-order valence-corrected chi connectivity index (χ0v) is 64.7. The lowest BCUT2D eigenvalue weighted by Crippen LogP contribution is -2.81. The zero-order valence-electron chi connectivity index (χ0n) is 64.7. The zero-order chi connectivity index (χ0) is 80.1. The quantitative estimate of drug-likeness (QED) is 0.0754. The number of ether oxygens (including phenoxy) is 2. The second kappa shape index (κ2) is 33.7. The number of aromatic nitrogens is 6. The van der Waals surface area contributed by atoms with E-state index in [0.29, 0.717) is 69.2 Å². The highest BCUT2D eigenvalue weighted by Crippen LogP contribution is 2.49. The Hall–Kier alpha value is -9.19. The molecule has 0 radical (unpaired) electrons. The fraction of sp³-hybridized carbons (Fsp3) is 0.685. The molecule has 0 aliphatic carbocycles. The third-order valence-corrected chi connectivity index (χ3v) is 21.5. The van der Waals surface area contributed by atoms with Gasteiger partial charge < -0.3 is 80.8 Å². The van der Waals surface area contributed by atoms with Crippen LogP contribution in [0, 0.1) is 5.92 Å². The highest BCUT2D eigenvalue weighted by atomic mass is 16.6. The number of nitrogens with zero attached hydrogens (tertiary/aromatic N) is 13. The Labute approximate surface area is 629 Å². The summed E-state index contributed by atoms with van der Waals surface area (Å²) in [7, 11) is 0. The van der Waals surface area contributed by atoms with E-state index in [4.69, 9.17) is 9.47 Å². The van der Waals surface area contributed by atoms with E-state index in [0.717, 1.165) is 30.7 Å². The maximum Gasteiger partial charge on any atom is 0.411 e. The molecule has 8 aliphatic rings. The number of aliphatic hydroxyl groups excluding tert-OH is 4. The molecular weight excluding hydrogens is 1400 g/mol. The van der Waals surface area contributed by atoms with Crippen molar-refractivity contribution < 1.29 is 87.7 Å². The first kappa shape index (κ1) is 84.4. The first-order chi connectivity index (χ1) is 50.6. The number of likely N-dealkylation sites (tertiary alicyclic amines) is 7. The fourth-order valence-electron chi connectivity index (χ4n) is 16.4. The molecule has 35 heteroatoms. The van der Waals surface area contributed by atoms with Gasteiger partial charge >= 0.3 is 18.2 Å². The second-order valence-electron chi connectivity index (χ2n) is 31.3. The van der Waals surface area contributed by atoms with Crippen molar-refractivity contribution in [3.63, 3.8) is 0 Å². The van der Waals surface area contributed by atoms with Crippen LogP contribution in [0.15, 0.2) is 55.4 Å². The summed E-state index contributed by atoms with van der Waals surface area (Å²) in [6.45, 7) is 29.8. The minimum Gasteiger partial charge on any atom is -0.480 e. The number of nitrogens with one attached hydrogen (secondary N) is 4. The molecule has 11 heterocycles. The molecule has 35 nitrogen and oxygen atoms in total. The number of aliphatic hydroxyl groups is 4. The normalized spacial score (nSPS) is 27.1. The molecule has 8 unspecified atom stereocenters. The molecule has 0 bridgehead atoms. The predicted molar refractivity (Wildman–Crippen MR) is 385 cm³/mol. The van der Waals surface area contributed by atoms with Gasteiger partial charge in [0, 0.05) is 62.7 Å². The van der Waals surface area contributed by atoms with E-state index in [1.165, 1.54) is 52.2 Å². The smallest absolute Gasteiger partial charge is 0.411 e. The Morgan fingerprint density at radius 3 is 1.02 bits per heavy atom. The van der Waals surface area contributed by atoms with Crippen LogP contribution in [-0.4, -0.2) is 287 Å². The molecule has 0 aromatic carbocycles. The molecular formula is C73H109N17O18. The minimum atomic E-state index is -1.32. The monoisotopic (exact) mass is 1510 g/mol. The summed E-state index contributed by atoms with van der Waals surface area (Å²) >= 11 is 0. The van der Waals surface area contributed by atoms with Crippen LogP contribution in [0.1, 0.15) is 180 Å². The van der Waals surface area contributed by atoms with E-state index in [1.807, 2.05) is 27.7 Å². The topological polar surface area (TPSA) is 456 Å². The van der Waals surface area contributed by atoms with E-state index < -0.39 is 136 Å². The number of carbonyl (C=O) groups excluding carboxylic acids is 10. The summed E-state index contributed by atoms with van der Waals surface area (Å²) in [6.07, 6.45) is 9.35. The molecule has 11 rings (SSSR count). The highest BCUT2D eigenvalue weighted by molar-refractivity contribution is 6.03. The van der Waals surface area contributed by atoms with Crippen LogP contribution < -0.4 is 21.3 Å². The third-order valence-electron chi connectivity index (χ3n) is 21.5. The molecule has 8 saturated heterocycles. The van der Waals surface area contributed by atoms with Gasteiger partial charge in [-0.2, -0.15) is 0 Å². The Balaban J connectivity index is 0.000000182. The van der Waals surface area contributed by atoms with Gasteiger partial charge in [-0.25, -0.2) is 44.3 Å². The van der Waals surface area contributed by atoms with Gasteiger partial charge in [-0.05, 0) is 173 Å². The minimum absolute atomic E-state index is 0.0541. The lowest BCUT2D eigenvalue weighted by molar-refractivity contribution is -0.188. The van der Waals surface area contributed by atoms with Crippen molar-refractivity contribution in [3.8, 4) is 0 Å². The van der Waals surface area contributed by atoms with Crippen molar-refractivity contribution in [1.82, 2.24) is 85.5 Å². The fourth-order valence-corrected chi connectivity index (χ4v) is 16.4. The molecule has 9 N–H and O–H groups in total. The molecule has 3 aromatic rings. The molecule has 0 saturated carbocycles. The van der Waals surface area contributed by atoms with E-state index >= 15 is 0 Å². The van der Waals surface area contributed by atoms with E-state index in [2.05, 4.69) is 51.2 Å². The standard InChI is InChI=1S/C21H31N5O5.C20H29N5O4.C16H23N5O3.C16H26N2O6/c1-13(27)16(17(28)24-12-15-22-9-7-10-23-15)26-14(2)21(18(26)29)8-6-11-25(21)19(30)31-20(3,4)5;1-12(2)18(28)24-10-5-7-20(24)14(4)25(19(20)29)16(13(3)26)17(27)23-11-15-21-8-6-9-22-15;1-10(22)13(14(23)19-9-12-17-6-4-7-18-12)21-11(2)16(15(21)24)5-3-8-20-16;1-9(19)11(12(20)21)18-10(2)16(13(18)22)7-6-8-17(16)14(23)24-15(3,4)5/h7,9-10,13-14,16,27H,6,8,11-12H2,1-5H3,(H,24,28);6,8-9,12-14,16,26H,5,7,10-11H2,1-4H3,(H,23,27);4,6-7,10-11,13,20,22H,3,5,8-9H2,1-2H3,(H,19,23);9-11,19H,6-8H2,1-5H3,(H,20,21)/t13-,14?,16+,21?;13-,14?,16+,20?;10-,11?,13+,16?;9-,10?,11+,16?/m1111/s1. The number of amides is 10. The molecule has 4 spiro atoms. The van der Waals surface area contributed by atoms with Crippen molar-refractivity contribution in [1.29, 1.82) is 0 Å². The number of carbonyl (C=O) groups is 11. The van der Waals surface area contributed by atoms with Gasteiger partial charge in [0.2, 0.25) is 29.5 Å². The summed E-state index contributed by atoms with van der Waals surface area (Å²) in [5.41, 5.74) is -4.94. The number of carboxylic acids is 1. The van der Waals surface area contributed by atoms with Crippen LogP contribution in [0.25, 0.3) is 0 Å². The first-order valence-electron chi connectivity index (χ1n) is 37.1. The maximum atomic E-state index is 13.4. The molecule has 8 aliphatic heterocycles. The van der Waals surface area contributed by atoms with Crippen LogP contribution in [0.4, 0.5) is 9.59 Å². The van der Waals surface area contributed by atoms with E-state index in [9.17, 15) is 78.3 Å². The van der Waals surface area contributed by atoms with Gasteiger partial charge in [0.25, 0.3) is 17.7 Å². The average molecular weight is 1510 g/mol. The van der Waals surface area contributed by atoms with Crippen LogP contribution in [-0.2, 0) is 72.3 Å². The molecule has 594 valence electrons. The molecule has 10 amide bonds. The molecule has 8 fully saturated rings. The summed E-state index contributed by atoms with van der Waals surface area (Å²) < 4.78 is 10.9. The van der Waals surface area contributed by atoms with Crippen LogP contribution in [0.5, 0.6) is 0 Å². The Morgan fingerprint density at radius 2 is 0.759 bits per heavy atom. The number of hydrogen-bond donors (Lipinski definition) is 9. The number of β-lactam (4-membered cyclic amide) rings is 4. The van der Waals surface area contributed by atoms with Gasteiger partial charge in [-0.3, -0.25) is 48.2 Å². The lowest BCUT2D eigenvalue weighted by atomic mass is 9.75.